The molecular formula is C21H22F2N2O5S2. The van der Waals surface area contributed by atoms with Gasteiger partial charge < -0.3 is 10.1 Å². The van der Waals surface area contributed by atoms with Crippen molar-refractivity contribution in [3.05, 3.63) is 54.1 Å². The zero-order chi connectivity index (χ0) is 23.3. The zero-order valence-corrected chi connectivity index (χ0v) is 18.8. The van der Waals surface area contributed by atoms with Crippen LogP contribution in [0.25, 0.3) is 0 Å². The predicted molar refractivity (Wildman–Crippen MR) is 116 cm³/mol. The molecule has 2 aromatic rings. The Morgan fingerprint density at radius 1 is 1.19 bits per heavy atom. The van der Waals surface area contributed by atoms with Crippen LogP contribution in [-0.4, -0.2) is 49.6 Å². The monoisotopic (exact) mass is 484 g/mol. The standard InChI is InChI=1S/C21H22F2N2O5S2/c1-14-8-10-15(11-9-14)32(28,29)25-12-4-6-17(25)20(27)30-13-19(26)24-16-5-2-3-7-18(16)31-21(22)23/h2-3,5,7-11,17,21H,4,6,12-13H2,1H3,(H,24,26)/t17-/m0/s1. The highest BCUT2D eigenvalue weighted by molar-refractivity contribution is 7.99. The Kier molecular flexibility index (Phi) is 7.86. The Balaban J connectivity index is 1.62. The van der Waals surface area contributed by atoms with Crippen molar-refractivity contribution in [2.24, 2.45) is 0 Å². The fraction of sp³-hybridized carbons (Fsp3) is 0.333. The Labute approximate surface area is 189 Å². The van der Waals surface area contributed by atoms with E-state index in [9.17, 15) is 26.8 Å². The van der Waals surface area contributed by atoms with Gasteiger partial charge in [-0.2, -0.15) is 13.1 Å². The van der Waals surface area contributed by atoms with Gasteiger partial charge in [-0.05, 0) is 44.0 Å². The molecule has 32 heavy (non-hydrogen) atoms. The van der Waals surface area contributed by atoms with Gasteiger partial charge in [0.2, 0.25) is 10.0 Å². The SMILES string of the molecule is Cc1ccc(S(=O)(=O)N2CCC[C@H]2C(=O)OCC(=O)Nc2ccccc2SC(F)F)cc1. The second-order valence-electron chi connectivity index (χ2n) is 7.12. The number of anilines is 1. The van der Waals surface area contributed by atoms with Gasteiger partial charge in [-0.3, -0.25) is 9.59 Å². The highest BCUT2D eigenvalue weighted by Gasteiger charge is 2.40. The second-order valence-corrected chi connectivity index (χ2v) is 10.0. The number of ether oxygens (including phenoxy) is 1. The van der Waals surface area contributed by atoms with Crippen molar-refractivity contribution in [3.8, 4) is 0 Å². The number of alkyl halides is 2. The topological polar surface area (TPSA) is 92.8 Å². The molecule has 1 fully saturated rings. The average Bonchev–Trinajstić information content (AvgIpc) is 3.24. The van der Waals surface area contributed by atoms with Crippen LogP contribution >= 0.6 is 11.8 Å². The van der Waals surface area contributed by atoms with Gasteiger partial charge in [0, 0.05) is 11.4 Å². The lowest BCUT2D eigenvalue weighted by Crippen LogP contribution is -2.42. The molecule has 1 aliphatic heterocycles. The molecule has 0 radical (unpaired) electrons. The summed E-state index contributed by atoms with van der Waals surface area (Å²) < 4.78 is 57.4. The summed E-state index contributed by atoms with van der Waals surface area (Å²) in [6.45, 7) is 1.34. The largest absolute Gasteiger partial charge is 0.454 e. The van der Waals surface area contributed by atoms with Crippen LogP contribution in [0.15, 0.2) is 58.3 Å². The Morgan fingerprint density at radius 3 is 2.56 bits per heavy atom. The lowest BCUT2D eigenvalue weighted by atomic mass is 10.2. The fourth-order valence-corrected chi connectivity index (χ4v) is 5.54. The lowest BCUT2D eigenvalue weighted by Gasteiger charge is -2.22. The van der Waals surface area contributed by atoms with Gasteiger partial charge in [0.25, 0.3) is 11.7 Å². The van der Waals surface area contributed by atoms with Crippen molar-refractivity contribution in [2.45, 2.75) is 41.4 Å². The first kappa shape index (κ1) is 24.1. The maximum atomic E-state index is 12.9. The van der Waals surface area contributed by atoms with Gasteiger partial charge in [0.15, 0.2) is 6.61 Å². The smallest absolute Gasteiger partial charge is 0.324 e. The number of esters is 1. The predicted octanol–water partition coefficient (Wildman–Crippen LogP) is 3.64. The summed E-state index contributed by atoms with van der Waals surface area (Å²) in [5.41, 5.74) is 1.07. The van der Waals surface area contributed by atoms with Crippen LogP contribution in [0.2, 0.25) is 0 Å². The van der Waals surface area contributed by atoms with Gasteiger partial charge in [-0.25, -0.2) is 8.42 Å². The molecule has 0 bridgehead atoms. The maximum absolute atomic E-state index is 12.9. The van der Waals surface area contributed by atoms with Crippen molar-refractivity contribution in [2.75, 3.05) is 18.5 Å². The van der Waals surface area contributed by atoms with E-state index in [2.05, 4.69) is 5.32 Å². The number of hydrogen-bond donors (Lipinski definition) is 1. The van der Waals surface area contributed by atoms with Crippen LogP contribution in [0, 0.1) is 6.92 Å². The Morgan fingerprint density at radius 2 is 1.88 bits per heavy atom. The van der Waals surface area contributed by atoms with Crippen LogP contribution in [0.4, 0.5) is 14.5 Å². The number of nitrogens with zero attached hydrogens (tertiary/aromatic N) is 1. The van der Waals surface area contributed by atoms with Crippen molar-refractivity contribution in [1.82, 2.24) is 4.31 Å². The van der Waals surface area contributed by atoms with E-state index in [1.807, 2.05) is 6.92 Å². The number of hydrogen-bond acceptors (Lipinski definition) is 6. The van der Waals surface area contributed by atoms with Gasteiger partial charge in [0.1, 0.15) is 6.04 Å². The van der Waals surface area contributed by atoms with Crippen molar-refractivity contribution in [1.29, 1.82) is 0 Å². The summed E-state index contributed by atoms with van der Waals surface area (Å²) in [6.07, 6.45) is 0.759. The number of para-hydroxylation sites is 1. The van der Waals surface area contributed by atoms with Crippen LogP contribution in [0.1, 0.15) is 18.4 Å². The number of rotatable bonds is 8. The lowest BCUT2D eigenvalue weighted by molar-refractivity contribution is -0.150. The van der Waals surface area contributed by atoms with Crippen molar-refractivity contribution < 1.29 is 31.5 Å². The quantitative estimate of drug-likeness (QED) is 0.454. The third kappa shape index (κ3) is 5.84. The molecule has 1 heterocycles. The molecule has 1 saturated heterocycles. The first-order valence-electron chi connectivity index (χ1n) is 9.77. The zero-order valence-electron chi connectivity index (χ0n) is 17.2. The van der Waals surface area contributed by atoms with Crippen molar-refractivity contribution >= 4 is 39.3 Å². The molecule has 1 aliphatic rings. The number of aryl methyl sites for hydroxylation is 1. The molecule has 7 nitrogen and oxygen atoms in total. The molecule has 11 heteroatoms. The number of sulfonamides is 1. The summed E-state index contributed by atoms with van der Waals surface area (Å²) in [5.74, 6) is -4.20. The molecular weight excluding hydrogens is 462 g/mol. The van der Waals surface area contributed by atoms with Gasteiger partial charge in [-0.15, -0.1) is 0 Å². The molecule has 0 aromatic heterocycles. The molecule has 1 N–H and O–H groups in total. The van der Waals surface area contributed by atoms with Gasteiger partial charge in [-0.1, -0.05) is 41.6 Å². The number of benzene rings is 2. The van der Waals surface area contributed by atoms with Gasteiger partial charge in [0.05, 0.1) is 10.6 Å². The molecule has 0 spiro atoms. The molecule has 3 rings (SSSR count). The first-order valence-corrected chi connectivity index (χ1v) is 12.1. The minimum Gasteiger partial charge on any atom is -0.454 e. The van der Waals surface area contributed by atoms with E-state index in [4.69, 9.17) is 4.74 Å². The maximum Gasteiger partial charge on any atom is 0.324 e. The molecule has 1 amide bonds. The summed E-state index contributed by atoms with van der Waals surface area (Å²) in [4.78, 5) is 25.0. The molecule has 0 saturated carbocycles. The molecule has 172 valence electrons. The van der Waals surface area contributed by atoms with Crippen LogP contribution < -0.4 is 5.32 Å². The first-order chi connectivity index (χ1) is 15.2. The fourth-order valence-electron chi connectivity index (χ4n) is 3.30. The van der Waals surface area contributed by atoms with E-state index in [0.29, 0.717) is 6.42 Å². The minimum absolute atomic E-state index is 0.0775. The van der Waals surface area contributed by atoms with E-state index < -0.39 is 40.3 Å². The molecule has 1 atom stereocenters. The summed E-state index contributed by atoms with van der Waals surface area (Å²) in [5, 5.41) is 2.43. The molecule has 0 aliphatic carbocycles. The van der Waals surface area contributed by atoms with E-state index >= 15 is 0 Å². The highest BCUT2D eigenvalue weighted by atomic mass is 32.2. The normalized spacial score (nSPS) is 16.8. The van der Waals surface area contributed by atoms with Gasteiger partial charge >= 0.3 is 5.97 Å². The summed E-state index contributed by atoms with van der Waals surface area (Å²) in [7, 11) is -3.90. The number of carbonyl (C=O) groups is 2. The molecule has 0 unspecified atom stereocenters. The average molecular weight is 485 g/mol. The van der Waals surface area contributed by atoms with Crippen molar-refractivity contribution in [3.63, 3.8) is 0 Å². The number of thioether (sulfide) groups is 1. The van der Waals surface area contributed by atoms with E-state index in [1.54, 1.807) is 24.3 Å². The minimum atomic E-state index is -3.90. The molecule has 2 aromatic carbocycles. The Bertz CT molecular complexity index is 1080. The van der Waals surface area contributed by atoms with Crippen LogP contribution in [0.3, 0.4) is 0 Å². The second kappa shape index (κ2) is 10.4. The Hall–Kier alpha value is -2.50. The number of amides is 1. The summed E-state index contributed by atoms with van der Waals surface area (Å²) in [6, 6.07) is 11.3. The third-order valence-electron chi connectivity index (χ3n) is 4.83. The number of carbonyl (C=O) groups excluding carboxylic acids is 2. The van der Waals surface area contributed by atoms with E-state index in [1.165, 1.54) is 24.3 Å². The van der Waals surface area contributed by atoms with Crippen LogP contribution in [0.5, 0.6) is 0 Å². The van der Waals surface area contributed by atoms with E-state index in [0.717, 1.165) is 9.87 Å². The van der Waals surface area contributed by atoms with E-state index in [-0.39, 0.29) is 40.2 Å². The summed E-state index contributed by atoms with van der Waals surface area (Å²) >= 11 is 0.284. The van der Waals surface area contributed by atoms with Crippen LogP contribution in [-0.2, 0) is 24.3 Å². The third-order valence-corrected chi connectivity index (χ3v) is 7.54. The number of halogens is 2. The number of nitrogens with one attached hydrogen (secondary N) is 1. The highest BCUT2D eigenvalue weighted by Crippen LogP contribution is 2.31.